The highest BCUT2D eigenvalue weighted by Gasteiger charge is 2.34. The lowest BCUT2D eigenvalue weighted by Crippen LogP contribution is -2.41. The molecule has 1 fully saturated rings. The van der Waals surface area contributed by atoms with Crippen LogP contribution < -0.4 is 10.6 Å². The molecular weight excluding hydrogens is 513 g/mol. The van der Waals surface area contributed by atoms with E-state index in [1.165, 1.54) is 21.9 Å². The number of amides is 1. The van der Waals surface area contributed by atoms with E-state index in [1.807, 2.05) is 18.2 Å². The van der Waals surface area contributed by atoms with E-state index in [9.17, 15) is 18.0 Å². The fourth-order valence-corrected chi connectivity index (χ4v) is 6.66. The number of benzene rings is 2. The molecule has 0 aliphatic heterocycles. The molecule has 2 N–H and O–H groups in total. The Balaban J connectivity index is 1.16. The van der Waals surface area contributed by atoms with E-state index < -0.39 is 11.7 Å². The fourth-order valence-electron chi connectivity index (χ4n) is 4.88. The maximum Gasteiger partial charge on any atom is 0.417 e. The molecule has 2 aromatic carbocycles. The van der Waals surface area contributed by atoms with Crippen LogP contribution in [-0.4, -0.2) is 11.9 Å². The Labute approximate surface area is 222 Å². The second kappa shape index (κ2) is 11.2. The van der Waals surface area contributed by atoms with E-state index in [2.05, 4.69) is 34.2 Å². The zero-order chi connectivity index (χ0) is 25.8. The maximum atomic E-state index is 13.4. The Hall–Kier alpha value is -2.94. The van der Waals surface area contributed by atoms with Crippen molar-refractivity contribution in [2.45, 2.75) is 44.6 Å². The maximum absolute atomic E-state index is 13.4. The van der Waals surface area contributed by atoms with E-state index in [1.54, 1.807) is 40.9 Å². The number of alkyl halides is 3. The third kappa shape index (κ3) is 6.14. The molecule has 4 aromatic rings. The number of hydrogen-bond acceptors (Lipinski definition) is 4. The molecule has 0 saturated heterocycles. The quantitative estimate of drug-likeness (QED) is 0.240. The lowest BCUT2D eigenvalue weighted by atomic mass is 9.98. The van der Waals surface area contributed by atoms with Crippen molar-refractivity contribution in [2.24, 2.45) is 5.92 Å². The second-order valence-corrected chi connectivity index (χ2v) is 11.3. The van der Waals surface area contributed by atoms with Crippen molar-refractivity contribution in [1.29, 1.82) is 0 Å². The van der Waals surface area contributed by atoms with Gasteiger partial charge in [0.2, 0.25) is 5.91 Å². The average Bonchev–Trinajstić information content (AvgIpc) is 3.67. The standard InChI is InChI=1S/C29H27F3N2OS2/c30-29(31,32)24-7-2-1-5-22(24)20-12-10-19(11-13-20)17-33-25-8-3-6-23(25)28(35)34-18-21-14-15-27(37-21)26-9-4-16-36-26/h1-2,4-5,7,9-16,23,25,33H,3,6,8,17-18H2,(H,34,35)/t23-,25-/m0/s1. The molecule has 0 unspecified atom stereocenters. The zero-order valence-corrected chi connectivity index (χ0v) is 21.7. The molecule has 5 rings (SSSR count). The van der Waals surface area contributed by atoms with Gasteiger partial charge in [-0.2, -0.15) is 13.2 Å². The summed E-state index contributed by atoms with van der Waals surface area (Å²) in [7, 11) is 0. The van der Waals surface area contributed by atoms with Crippen LogP contribution in [0.1, 0.15) is 35.3 Å². The molecule has 8 heteroatoms. The van der Waals surface area contributed by atoms with E-state index >= 15 is 0 Å². The SMILES string of the molecule is O=C(NCc1ccc(-c2cccs2)s1)[C@H]1CCC[C@@H]1NCc1ccc(-c2ccccc2C(F)(F)F)cc1. The predicted octanol–water partition coefficient (Wildman–Crippen LogP) is 7.74. The Morgan fingerprint density at radius 2 is 1.70 bits per heavy atom. The molecule has 1 amide bonds. The number of carbonyl (C=O) groups is 1. The van der Waals surface area contributed by atoms with Crippen LogP contribution in [0.4, 0.5) is 13.2 Å². The van der Waals surface area contributed by atoms with Gasteiger partial charge in [-0.3, -0.25) is 4.79 Å². The summed E-state index contributed by atoms with van der Waals surface area (Å²) in [4.78, 5) is 16.5. The zero-order valence-electron chi connectivity index (χ0n) is 20.1. The molecule has 1 aliphatic carbocycles. The minimum Gasteiger partial charge on any atom is -0.351 e. The lowest BCUT2D eigenvalue weighted by Gasteiger charge is -2.21. The largest absolute Gasteiger partial charge is 0.417 e. The van der Waals surface area contributed by atoms with Gasteiger partial charge in [-0.05, 0) is 59.2 Å². The molecule has 0 spiro atoms. The molecule has 192 valence electrons. The van der Waals surface area contributed by atoms with Gasteiger partial charge in [0.25, 0.3) is 0 Å². The fraction of sp³-hybridized carbons (Fsp3) is 0.276. The van der Waals surface area contributed by atoms with Crippen LogP contribution in [-0.2, 0) is 24.1 Å². The van der Waals surface area contributed by atoms with E-state index in [4.69, 9.17) is 0 Å². The summed E-state index contributed by atoms with van der Waals surface area (Å²) in [6.45, 7) is 1.09. The molecule has 2 atom stereocenters. The normalized spacial score (nSPS) is 17.7. The van der Waals surface area contributed by atoms with Crippen molar-refractivity contribution in [2.75, 3.05) is 0 Å². The molecule has 37 heavy (non-hydrogen) atoms. The third-order valence-electron chi connectivity index (χ3n) is 6.78. The van der Waals surface area contributed by atoms with Gasteiger partial charge < -0.3 is 10.6 Å². The molecule has 0 bridgehead atoms. The van der Waals surface area contributed by atoms with Gasteiger partial charge in [-0.1, -0.05) is 55.0 Å². The number of halogens is 3. The van der Waals surface area contributed by atoms with Crippen LogP contribution in [0.25, 0.3) is 20.9 Å². The Kier molecular flexibility index (Phi) is 7.79. The second-order valence-electron chi connectivity index (χ2n) is 9.23. The average molecular weight is 541 g/mol. The van der Waals surface area contributed by atoms with E-state index in [0.717, 1.165) is 35.8 Å². The van der Waals surface area contributed by atoms with Crippen LogP contribution in [0, 0.1) is 5.92 Å². The summed E-state index contributed by atoms with van der Waals surface area (Å²) in [6.07, 6.45) is -1.63. The molecule has 0 radical (unpaired) electrons. The first-order valence-electron chi connectivity index (χ1n) is 12.3. The minimum atomic E-state index is -4.40. The highest BCUT2D eigenvalue weighted by atomic mass is 32.1. The number of nitrogens with one attached hydrogen (secondary N) is 2. The topological polar surface area (TPSA) is 41.1 Å². The smallest absolute Gasteiger partial charge is 0.351 e. The molecule has 2 aromatic heterocycles. The van der Waals surface area contributed by atoms with Gasteiger partial charge in [0.15, 0.2) is 0 Å². The number of hydrogen-bond donors (Lipinski definition) is 2. The number of rotatable bonds is 8. The highest BCUT2D eigenvalue weighted by Crippen LogP contribution is 2.37. The molecule has 3 nitrogen and oxygen atoms in total. The van der Waals surface area contributed by atoms with Crippen LogP contribution in [0.5, 0.6) is 0 Å². The lowest BCUT2D eigenvalue weighted by molar-refractivity contribution is -0.137. The molecule has 1 saturated carbocycles. The molecular formula is C29H27F3N2OS2. The summed E-state index contributed by atoms with van der Waals surface area (Å²) >= 11 is 3.41. The van der Waals surface area contributed by atoms with Crippen molar-refractivity contribution in [1.82, 2.24) is 10.6 Å². The minimum absolute atomic E-state index is 0.0696. The van der Waals surface area contributed by atoms with Crippen LogP contribution >= 0.6 is 22.7 Å². The van der Waals surface area contributed by atoms with Gasteiger partial charge >= 0.3 is 6.18 Å². The summed E-state index contributed by atoms with van der Waals surface area (Å²) in [5.74, 6) is -0.0187. The summed E-state index contributed by atoms with van der Waals surface area (Å²) in [6, 6.07) is 21.2. The first-order chi connectivity index (χ1) is 17.9. The molecule has 2 heterocycles. The van der Waals surface area contributed by atoms with E-state index in [-0.39, 0.29) is 23.4 Å². The first kappa shape index (κ1) is 25.7. The van der Waals surface area contributed by atoms with Gasteiger partial charge in [-0.25, -0.2) is 0 Å². The predicted molar refractivity (Wildman–Crippen MR) is 144 cm³/mol. The highest BCUT2D eigenvalue weighted by molar-refractivity contribution is 7.21. The summed E-state index contributed by atoms with van der Waals surface area (Å²) in [5, 5.41) is 8.68. The summed E-state index contributed by atoms with van der Waals surface area (Å²) in [5.41, 5.74) is 1.05. The van der Waals surface area contributed by atoms with E-state index in [0.29, 0.717) is 18.7 Å². The first-order valence-corrected chi connectivity index (χ1v) is 14.0. The van der Waals surface area contributed by atoms with Gasteiger partial charge in [0.1, 0.15) is 0 Å². The Morgan fingerprint density at radius 1 is 0.892 bits per heavy atom. The van der Waals surface area contributed by atoms with Crippen LogP contribution in [0.3, 0.4) is 0 Å². The van der Waals surface area contributed by atoms with Crippen LogP contribution in [0.15, 0.2) is 78.2 Å². The summed E-state index contributed by atoms with van der Waals surface area (Å²) < 4.78 is 40.1. The van der Waals surface area contributed by atoms with Crippen molar-refractivity contribution in [3.63, 3.8) is 0 Å². The van der Waals surface area contributed by atoms with Crippen LogP contribution in [0.2, 0.25) is 0 Å². The Bertz CT molecular complexity index is 1330. The monoisotopic (exact) mass is 540 g/mol. The Morgan fingerprint density at radius 3 is 2.46 bits per heavy atom. The van der Waals surface area contributed by atoms with Gasteiger partial charge in [0.05, 0.1) is 18.0 Å². The van der Waals surface area contributed by atoms with Gasteiger partial charge in [0, 0.05) is 27.2 Å². The number of carbonyl (C=O) groups excluding carboxylic acids is 1. The van der Waals surface area contributed by atoms with Crippen molar-refractivity contribution in [3.05, 3.63) is 94.2 Å². The number of thiophene rings is 2. The molecule has 1 aliphatic rings. The van der Waals surface area contributed by atoms with Crippen molar-refractivity contribution in [3.8, 4) is 20.9 Å². The van der Waals surface area contributed by atoms with Crippen molar-refractivity contribution >= 4 is 28.6 Å². The third-order valence-corrected chi connectivity index (χ3v) is 8.93. The van der Waals surface area contributed by atoms with Crippen molar-refractivity contribution < 1.29 is 18.0 Å². The van der Waals surface area contributed by atoms with Gasteiger partial charge in [-0.15, -0.1) is 22.7 Å².